The van der Waals surface area contributed by atoms with Gasteiger partial charge in [-0.15, -0.1) is 0 Å². The molecule has 26 heavy (non-hydrogen) atoms. The summed E-state index contributed by atoms with van der Waals surface area (Å²) < 4.78 is 1.84. The fraction of sp³-hybridized carbons (Fsp3) is 0.273. The molecule has 0 saturated heterocycles. The summed E-state index contributed by atoms with van der Waals surface area (Å²) in [4.78, 5) is 0. The van der Waals surface area contributed by atoms with E-state index in [0.717, 1.165) is 23.4 Å². The van der Waals surface area contributed by atoms with Crippen LogP contribution in [0.4, 0.5) is 0 Å². The Hall–Kier alpha value is -2.90. The third-order valence-electron chi connectivity index (χ3n) is 4.59. The van der Waals surface area contributed by atoms with Crippen LogP contribution in [-0.4, -0.2) is 14.9 Å². The lowest BCUT2D eigenvalue weighted by Gasteiger charge is -2.19. The minimum absolute atomic E-state index is 0.607. The predicted molar refractivity (Wildman–Crippen MR) is 103 cm³/mol. The van der Waals surface area contributed by atoms with Crippen LogP contribution in [0.1, 0.15) is 43.5 Å². The highest BCUT2D eigenvalue weighted by Gasteiger charge is 2.27. The highest BCUT2D eigenvalue weighted by atomic mass is 16.3. The van der Waals surface area contributed by atoms with Crippen LogP contribution >= 0.6 is 0 Å². The second-order valence-corrected chi connectivity index (χ2v) is 6.88. The lowest BCUT2D eigenvalue weighted by Crippen LogP contribution is -2.21. The molecule has 0 aliphatic rings. The molecular formula is C22H23N3O. The average Bonchev–Trinajstić information content (AvgIpc) is 3.09. The van der Waals surface area contributed by atoms with Crippen LogP contribution in [0.2, 0.25) is 0 Å². The zero-order chi connectivity index (χ0) is 18.7. The number of hydrogen-bond acceptors (Lipinski definition) is 3. The second-order valence-electron chi connectivity index (χ2n) is 6.88. The number of hydrogen-bond donors (Lipinski definition) is 1. The zero-order valence-corrected chi connectivity index (χ0v) is 15.4. The quantitative estimate of drug-likeness (QED) is 0.727. The Morgan fingerprint density at radius 3 is 2.35 bits per heavy atom. The van der Waals surface area contributed by atoms with Gasteiger partial charge in [-0.1, -0.05) is 43.2 Å². The third-order valence-corrected chi connectivity index (χ3v) is 4.59. The van der Waals surface area contributed by atoms with Crippen LogP contribution in [0.5, 0.6) is 0 Å². The van der Waals surface area contributed by atoms with E-state index in [1.807, 2.05) is 29.8 Å². The normalized spacial score (nSPS) is 13.2. The van der Waals surface area contributed by atoms with E-state index in [2.05, 4.69) is 37.3 Å². The van der Waals surface area contributed by atoms with Crippen molar-refractivity contribution in [1.29, 1.82) is 5.26 Å². The molecule has 132 valence electrons. The maximum atomic E-state index is 10.8. The van der Waals surface area contributed by atoms with Crippen LogP contribution in [-0.2, 0) is 5.60 Å². The summed E-state index contributed by atoms with van der Waals surface area (Å²) in [5.74, 6) is 0. The first kappa shape index (κ1) is 17.9. The molecule has 0 fully saturated rings. The first-order valence-corrected chi connectivity index (χ1v) is 8.85. The summed E-state index contributed by atoms with van der Waals surface area (Å²) in [5, 5.41) is 24.6. The van der Waals surface area contributed by atoms with Crippen molar-refractivity contribution in [2.24, 2.45) is 0 Å². The molecule has 0 aliphatic carbocycles. The van der Waals surface area contributed by atoms with Gasteiger partial charge in [0.15, 0.2) is 0 Å². The van der Waals surface area contributed by atoms with Crippen LogP contribution in [0, 0.1) is 18.3 Å². The van der Waals surface area contributed by atoms with Gasteiger partial charge in [-0.05, 0) is 50.6 Å². The number of rotatable bonds is 5. The Morgan fingerprint density at radius 1 is 1.12 bits per heavy atom. The van der Waals surface area contributed by atoms with Crippen LogP contribution in [0.3, 0.4) is 0 Å². The summed E-state index contributed by atoms with van der Waals surface area (Å²) >= 11 is 0. The molecule has 0 saturated carbocycles. The first-order chi connectivity index (χ1) is 12.4. The topological polar surface area (TPSA) is 61.8 Å². The van der Waals surface area contributed by atoms with E-state index >= 15 is 0 Å². The van der Waals surface area contributed by atoms with Crippen molar-refractivity contribution in [2.75, 3.05) is 0 Å². The molecule has 0 amide bonds. The molecule has 1 unspecified atom stereocenters. The van der Waals surface area contributed by atoms with Crippen LogP contribution < -0.4 is 0 Å². The fourth-order valence-corrected chi connectivity index (χ4v) is 3.06. The highest BCUT2D eigenvalue weighted by Crippen LogP contribution is 2.31. The van der Waals surface area contributed by atoms with Gasteiger partial charge in [0.25, 0.3) is 0 Å². The molecule has 3 rings (SSSR count). The van der Waals surface area contributed by atoms with E-state index in [1.165, 1.54) is 5.56 Å². The van der Waals surface area contributed by atoms with Gasteiger partial charge in [-0.3, -0.25) is 0 Å². The van der Waals surface area contributed by atoms with E-state index in [0.29, 0.717) is 17.7 Å². The van der Waals surface area contributed by atoms with Gasteiger partial charge in [0.2, 0.25) is 0 Å². The smallest absolute Gasteiger partial charge is 0.106 e. The molecule has 2 aromatic carbocycles. The van der Waals surface area contributed by atoms with E-state index in [1.54, 1.807) is 19.1 Å². The predicted octanol–water partition coefficient (Wildman–Crippen LogP) is 4.73. The number of nitrogens with zero attached hydrogens (tertiary/aromatic N) is 3. The molecule has 4 nitrogen and oxygen atoms in total. The van der Waals surface area contributed by atoms with Crippen molar-refractivity contribution in [2.45, 2.75) is 39.2 Å². The molecule has 3 aromatic rings. The summed E-state index contributed by atoms with van der Waals surface area (Å²) in [7, 11) is 0. The number of nitriles is 1. The Balaban J connectivity index is 2.15. The molecular weight excluding hydrogens is 322 g/mol. The minimum atomic E-state index is -0.980. The summed E-state index contributed by atoms with van der Waals surface area (Å²) in [6.45, 7) is 5.91. The molecule has 1 N–H and O–H groups in total. The Morgan fingerprint density at radius 2 is 1.77 bits per heavy atom. The van der Waals surface area contributed by atoms with E-state index in [4.69, 9.17) is 10.4 Å². The zero-order valence-electron chi connectivity index (χ0n) is 15.4. The first-order valence-electron chi connectivity index (χ1n) is 8.85. The lowest BCUT2D eigenvalue weighted by molar-refractivity contribution is 0.0421. The van der Waals surface area contributed by atoms with Crippen LogP contribution in [0.15, 0.2) is 54.6 Å². The van der Waals surface area contributed by atoms with E-state index < -0.39 is 5.60 Å². The summed E-state index contributed by atoms with van der Waals surface area (Å²) in [6, 6.07) is 19.7. The van der Waals surface area contributed by atoms with E-state index in [-0.39, 0.29) is 0 Å². The Kier molecular flexibility index (Phi) is 4.92. The monoisotopic (exact) mass is 345 g/mol. The molecule has 0 radical (unpaired) electrons. The Labute approximate surface area is 154 Å². The molecule has 1 atom stereocenters. The molecule has 1 heterocycles. The third kappa shape index (κ3) is 3.54. The fourth-order valence-electron chi connectivity index (χ4n) is 3.06. The van der Waals surface area contributed by atoms with Crippen molar-refractivity contribution < 1.29 is 5.11 Å². The maximum Gasteiger partial charge on any atom is 0.106 e. The SMILES string of the molecule is CCCC(C)(O)c1cc(-c2ccc(C)cc2)n(-c2ccc(C#N)cc2)n1. The standard InChI is InChI=1S/C22H23N3O/c1-4-13-22(3,26)21-14-20(18-9-5-16(2)6-10-18)25(24-21)19-11-7-17(15-23)8-12-19/h5-12,14,26H,4,13H2,1-3H3. The number of aryl methyl sites for hydroxylation is 1. The van der Waals surface area contributed by atoms with Gasteiger partial charge in [-0.25, -0.2) is 4.68 Å². The second kappa shape index (κ2) is 7.15. The highest BCUT2D eigenvalue weighted by molar-refractivity contribution is 5.63. The van der Waals surface area contributed by atoms with Crippen LogP contribution in [0.25, 0.3) is 16.9 Å². The lowest BCUT2D eigenvalue weighted by atomic mass is 9.96. The molecule has 4 heteroatoms. The van der Waals surface area contributed by atoms with Crippen molar-refractivity contribution >= 4 is 0 Å². The molecule has 1 aromatic heterocycles. The Bertz CT molecular complexity index is 929. The summed E-state index contributed by atoms with van der Waals surface area (Å²) in [5.41, 5.74) is 4.28. The van der Waals surface area contributed by atoms with Gasteiger partial charge in [-0.2, -0.15) is 10.4 Å². The maximum absolute atomic E-state index is 10.8. The summed E-state index contributed by atoms with van der Waals surface area (Å²) in [6.07, 6.45) is 1.52. The number of aliphatic hydroxyl groups is 1. The van der Waals surface area contributed by atoms with Crippen molar-refractivity contribution in [3.05, 3.63) is 71.4 Å². The van der Waals surface area contributed by atoms with Crippen molar-refractivity contribution in [3.8, 4) is 23.0 Å². The van der Waals surface area contributed by atoms with Gasteiger partial charge < -0.3 is 5.11 Å². The number of aromatic nitrogens is 2. The molecule has 0 aliphatic heterocycles. The van der Waals surface area contributed by atoms with Gasteiger partial charge >= 0.3 is 0 Å². The van der Waals surface area contributed by atoms with Gasteiger partial charge in [0.05, 0.1) is 28.7 Å². The largest absolute Gasteiger partial charge is 0.384 e. The minimum Gasteiger partial charge on any atom is -0.384 e. The van der Waals surface area contributed by atoms with Crippen molar-refractivity contribution in [3.63, 3.8) is 0 Å². The molecule has 0 bridgehead atoms. The van der Waals surface area contributed by atoms with Gasteiger partial charge in [0.1, 0.15) is 5.60 Å². The number of benzene rings is 2. The average molecular weight is 345 g/mol. The van der Waals surface area contributed by atoms with Crippen molar-refractivity contribution in [1.82, 2.24) is 9.78 Å². The van der Waals surface area contributed by atoms with Gasteiger partial charge in [0, 0.05) is 5.56 Å². The van der Waals surface area contributed by atoms with E-state index in [9.17, 15) is 5.11 Å². The molecule has 0 spiro atoms.